The molecule has 0 spiro atoms. The van der Waals surface area contributed by atoms with Crippen LogP contribution in [-0.4, -0.2) is 0 Å². The largest absolute Gasteiger partial charge is 0.0625 e. The smallest absolute Gasteiger partial charge is 0.0235 e. The highest BCUT2D eigenvalue weighted by Crippen LogP contribution is 2.76. The third-order valence-electron chi connectivity index (χ3n) is 12.9. The summed E-state index contributed by atoms with van der Waals surface area (Å²) >= 11 is 0. The molecular weight excluding hydrogens is 348 g/mol. The molecule has 0 radical (unpaired) electrons. The molecule has 0 saturated heterocycles. The standard InChI is InChI=1S/C29H50/c1-19(2)21-10-9-20-13-17-28(6)22(25(20)21)11-12-24-27(5)16-8-15-26(3,4)23(27)14-18-29(24,28)7/h19-25H,8-18H2,1-7H3. The second kappa shape index (κ2) is 6.51. The molecule has 0 aromatic rings. The topological polar surface area (TPSA) is 0 Å². The highest BCUT2D eigenvalue weighted by Gasteiger charge is 2.68. The van der Waals surface area contributed by atoms with Crippen molar-refractivity contribution in [3.05, 3.63) is 0 Å². The summed E-state index contributed by atoms with van der Waals surface area (Å²) in [6, 6.07) is 0. The van der Waals surface area contributed by atoms with E-state index in [1.807, 2.05) is 0 Å². The van der Waals surface area contributed by atoms with Gasteiger partial charge < -0.3 is 0 Å². The van der Waals surface area contributed by atoms with Crippen molar-refractivity contribution < 1.29 is 0 Å². The van der Waals surface area contributed by atoms with Crippen LogP contribution in [0.5, 0.6) is 0 Å². The Morgan fingerprint density at radius 3 is 2.10 bits per heavy atom. The van der Waals surface area contributed by atoms with Crippen LogP contribution in [0.15, 0.2) is 0 Å². The first kappa shape index (κ1) is 20.9. The highest BCUT2D eigenvalue weighted by molar-refractivity contribution is 5.17. The molecular formula is C29H50. The summed E-state index contributed by atoms with van der Waals surface area (Å²) in [7, 11) is 0. The van der Waals surface area contributed by atoms with Crippen molar-refractivity contribution in [3.63, 3.8) is 0 Å². The van der Waals surface area contributed by atoms with Gasteiger partial charge in [-0.15, -0.1) is 0 Å². The lowest BCUT2D eigenvalue weighted by Gasteiger charge is -2.72. The molecule has 5 fully saturated rings. The van der Waals surface area contributed by atoms with Gasteiger partial charge in [0, 0.05) is 0 Å². The SMILES string of the molecule is CC(C)C1CCC2CCC3(C)C(CCC4C5(C)CCCC(C)(C)C5CCC43C)C21. The summed E-state index contributed by atoms with van der Waals surface area (Å²) in [6.07, 6.45) is 16.8. The van der Waals surface area contributed by atoms with Gasteiger partial charge in [0.1, 0.15) is 0 Å². The zero-order chi connectivity index (χ0) is 20.8. The minimum absolute atomic E-state index is 0.567. The number of hydrogen-bond acceptors (Lipinski definition) is 0. The van der Waals surface area contributed by atoms with Gasteiger partial charge in [-0.2, -0.15) is 0 Å². The van der Waals surface area contributed by atoms with Gasteiger partial charge in [0.25, 0.3) is 0 Å². The monoisotopic (exact) mass is 398 g/mol. The fourth-order valence-corrected chi connectivity index (χ4v) is 11.5. The minimum atomic E-state index is 0.567. The van der Waals surface area contributed by atoms with Crippen molar-refractivity contribution in [2.75, 3.05) is 0 Å². The van der Waals surface area contributed by atoms with Gasteiger partial charge in [-0.05, 0) is 127 Å². The van der Waals surface area contributed by atoms with E-state index in [2.05, 4.69) is 48.5 Å². The van der Waals surface area contributed by atoms with E-state index in [1.165, 1.54) is 38.5 Å². The van der Waals surface area contributed by atoms with E-state index >= 15 is 0 Å². The Labute approximate surface area is 182 Å². The Kier molecular flexibility index (Phi) is 4.69. The zero-order valence-electron chi connectivity index (χ0n) is 20.8. The summed E-state index contributed by atoms with van der Waals surface area (Å²) in [5, 5.41) is 0. The Morgan fingerprint density at radius 2 is 1.38 bits per heavy atom. The average molecular weight is 399 g/mol. The normalized spacial score (nSPS) is 56.3. The molecule has 0 heterocycles. The maximum atomic E-state index is 2.81. The van der Waals surface area contributed by atoms with Crippen molar-refractivity contribution >= 4 is 0 Å². The molecule has 9 unspecified atom stereocenters. The third kappa shape index (κ3) is 2.62. The molecule has 0 amide bonds. The Hall–Kier alpha value is 0. The molecule has 5 aliphatic carbocycles. The maximum absolute atomic E-state index is 2.81. The first-order valence-electron chi connectivity index (χ1n) is 13.5. The lowest BCUT2D eigenvalue weighted by Crippen LogP contribution is -2.64. The third-order valence-corrected chi connectivity index (χ3v) is 12.9. The molecule has 166 valence electrons. The Morgan fingerprint density at radius 1 is 0.655 bits per heavy atom. The van der Waals surface area contributed by atoms with E-state index in [0.717, 1.165) is 41.4 Å². The highest BCUT2D eigenvalue weighted by atomic mass is 14.7. The molecule has 29 heavy (non-hydrogen) atoms. The van der Waals surface area contributed by atoms with E-state index in [1.54, 1.807) is 32.1 Å². The van der Waals surface area contributed by atoms with Gasteiger partial charge in [-0.1, -0.05) is 54.9 Å². The van der Waals surface area contributed by atoms with Crippen LogP contribution in [0, 0.1) is 63.1 Å². The Bertz CT molecular complexity index is 644. The van der Waals surface area contributed by atoms with Crippen LogP contribution in [0.4, 0.5) is 0 Å². The average Bonchev–Trinajstić information content (AvgIpc) is 3.06. The molecule has 5 saturated carbocycles. The van der Waals surface area contributed by atoms with Crippen molar-refractivity contribution in [3.8, 4) is 0 Å². The molecule has 0 heteroatoms. The number of hydrogen-bond donors (Lipinski definition) is 0. The predicted octanol–water partition coefficient (Wildman–Crippen LogP) is 8.74. The maximum Gasteiger partial charge on any atom is -0.0235 e. The van der Waals surface area contributed by atoms with Crippen molar-refractivity contribution in [2.45, 2.75) is 119 Å². The van der Waals surface area contributed by atoms with E-state index in [0.29, 0.717) is 21.7 Å². The van der Waals surface area contributed by atoms with Crippen molar-refractivity contribution in [2.24, 2.45) is 63.1 Å². The Balaban J connectivity index is 1.52. The lowest BCUT2D eigenvalue weighted by atomic mass is 9.33. The number of rotatable bonds is 1. The second-order valence-electron chi connectivity index (χ2n) is 14.4. The second-order valence-corrected chi connectivity index (χ2v) is 14.4. The van der Waals surface area contributed by atoms with Crippen LogP contribution in [0.2, 0.25) is 0 Å². The molecule has 5 rings (SSSR count). The molecule has 0 aliphatic heterocycles. The molecule has 5 aliphatic rings. The summed E-state index contributed by atoms with van der Waals surface area (Å²) in [5.41, 5.74) is 2.36. The van der Waals surface area contributed by atoms with Gasteiger partial charge in [-0.3, -0.25) is 0 Å². The van der Waals surface area contributed by atoms with Crippen molar-refractivity contribution in [1.29, 1.82) is 0 Å². The molecule has 9 atom stereocenters. The molecule has 0 nitrogen and oxygen atoms in total. The van der Waals surface area contributed by atoms with Crippen LogP contribution in [0.25, 0.3) is 0 Å². The first-order chi connectivity index (χ1) is 13.5. The van der Waals surface area contributed by atoms with Crippen LogP contribution >= 0.6 is 0 Å². The minimum Gasteiger partial charge on any atom is -0.0625 e. The van der Waals surface area contributed by atoms with Gasteiger partial charge in [-0.25, -0.2) is 0 Å². The van der Waals surface area contributed by atoms with Crippen LogP contribution in [-0.2, 0) is 0 Å². The zero-order valence-corrected chi connectivity index (χ0v) is 20.8. The van der Waals surface area contributed by atoms with Crippen LogP contribution in [0.3, 0.4) is 0 Å². The molecule has 0 aromatic carbocycles. The van der Waals surface area contributed by atoms with E-state index < -0.39 is 0 Å². The quantitative estimate of drug-likeness (QED) is 0.414. The van der Waals surface area contributed by atoms with Gasteiger partial charge >= 0.3 is 0 Å². The van der Waals surface area contributed by atoms with E-state index in [-0.39, 0.29) is 0 Å². The fraction of sp³-hybridized carbons (Fsp3) is 1.00. The van der Waals surface area contributed by atoms with Gasteiger partial charge in [0.15, 0.2) is 0 Å². The molecule has 0 bridgehead atoms. The molecule has 0 N–H and O–H groups in total. The van der Waals surface area contributed by atoms with E-state index in [4.69, 9.17) is 0 Å². The summed E-state index contributed by atoms with van der Waals surface area (Å²) in [6.45, 7) is 18.7. The van der Waals surface area contributed by atoms with Crippen LogP contribution < -0.4 is 0 Å². The van der Waals surface area contributed by atoms with Gasteiger partial charge in [0.2, 0.25) is 0 Å². The van der Waals surface area contributed by atoms with E-state index in [9.17, 15) is 0 Å². The summed E-state index contributed by atoms with van der Waals surface area (Å²) in [5.74, 6) is 7.00. The first-order valence-corrected chi connectivity index (χ1v) is 13.5. The van der Waals surface area contributed by atoms with Crippen LogP contribution in [0.1, 0.15) is 119 Å². The summed E-state index contributed by atoms with van der Waals surface area (Å²) < 4.78 is 0. The predicted molar refractivity (Wildman–Crippen MR) is 125 cm³/mol. The lowest BCUT2D eigenvalue weighted by molar-refractivity contribution is -0.229. The summed E-state index contributed by atoms with van der Waals surface area (Å²) in [4.78, 5) is 0. The molecule has 0 aromatic heterocycles. The van der Waals surface area contributed by atoms with Crippen molar-refractivity contribution in [1.82, 2.24) is 0 Å². The van der Waals surface area contributed by atoms with Gasteiger partial charge in [0.05, 0.1) is 0 Å². The number of fused-ring (bicyclic) bond motifs is 7. The fourth-order valence-electron chi connectivity index (χ4n) is 11.5.